The lowest BCUT2D eigenvalue weighted by molar-refractivity contribution is -0.142. The molecule has 2 aliphatic heterocycles. The Morgan fingerprint density at radius 3 is 2.39 bits per heavy atom. The highest BCUT2D eigenvalue weighted by Crippen LogP contribution is 2.68. The third-order valence-corrected chi connectivity index (χ3v) is 11.3. The number of hydrogen-bond acceptors (Lipinski definition) is 7. The minimum absolute atomic E-state index is 0.00660. The van der Waals surface area contributed by atoms with E-state index in [1.807, 2.05) is 0 Å². The van der Waals surface area contributed by atoms with Crippen LogP contribution in [-0.4, -0.2) is 57.7 Å². The average Bonchev–Trinajstić information content (AvgIpc) is 3.58. The van der Waals surface area contributed by atoms with Crippen molar-refractivity contribution in [1.82, 2.24) is 9.88 Å². The number of benzene rings is 1. The summed E-state index contributed by atoms with van der Waals surface area (Å²) in [6.07, 6.45) is 0.600. The topological polar surface area (TPSA) is 111 Å². The molecule has 0 spiro atoms. The summed E-state index contributed by atoms with van der Waals surface area (Å²) in [5, 5.41) is 10.1. The van der Waals surface area contributed by atoms with Gasteiger partial charge in [0.1, 0.15) is 0 Å². The van der Waals surface area contributed by atoms with Gasteiger partial charge in [-0.25, -0.2) is 0 Å². The molecule has 3 heterocycles. The van der Waals surface area contributed by atoms with Gasteiger partial charge in [-0.05, 0) is 55.7 Å². The molecule has 7 atom stereocenters. The van der Waals surface area contributed by atoms with Crippen LogP contribution in [0, 0.1) is 29.6 Å². The Hall–Kier alpha value is -2.59. The van der Waals surface area contributed by atoms with Gasteiger partial charge in [-0.1, -0.05) is 23.5 Å². The Morgan fingerprint density at radius 2 is 1.75 bits per heavy atom. The van der Waals surface area contributed by atoms with Crippen molar-refractivity contribution in [2.75, 3.05) is 24.5 Å². The first-order chi connectivity index (χ1) is 17.3. The SMILES string of the molecule is CCN(CC)c1ccc([C@@H]2c3sc(=O)[nH]c3S[C@@H]3[C@@H]4C[C@H]([C@H]5C(=O)N(CCC(=O)O)C(=O)[C@H]45)[C@H]23)cc1. The molecule has 1 aromatic carbocycles. The number of carbonyl (C=O) groups is 3. The van der Waals surface area contributed by atoms with Crippen molar-refractivity contribution in [2.24, 2.45) is 29.6 Å². The van der Waals surface area contributed by atoms with Crippen molar-refractivity contribution in [2.45, 2.75) is 42.9 Å². The Kier molecular flexibility index (Phi) is 5.79. The van der Waals surface area contributed by atoms with Gasteiger partial charge in [0.2, 0.25) is 11.8 Å². The molecule has 2 bridgehead atoms. The predicted octanol–water partition coefficient (Wildman–Crippen LogP) is 3.23. The molecule has 2 aromatic rings. The van der Waals surface area contributed by atoms with Crippen LogP contribution in [0.2, 0.25) is 0 Å². The monoisotopic (exact) mass is 527 g/mol. The van der Waals surface area contributed by atoms with Crippen molar-refractivity contribution < 1.29 is 19.5 Å². The third-order valence-electron chi connectivity index (χ3n) is 8.75. The maximum atomic E-state index is 13.4. The zero-order valence-corrected chi connectivity index (χ0v) is 21.8. The average molecular weight is 528 g/mol. The summed E-state index contributed by atoms with van der Waals surface area (Å²) in [6.45, 7) is 6.06. The highest BCUT2D eigenvalue weighted by molar-refractivity contribution is 8.00. The van der Waals surface area contributed by atoms with Gasteiger partial charge in [-0.3, -0.25) is 24.1 Å². The summed E-state index contributed by atoms with van der Waals surface area (Å²) in [6, 6.07) is 8.59. The van der Waals surface area contributed by atoms with E-state index in [-0.39, 0.29) is 70.4 Å². The molecule has 8 nitrogen and oxygen atoms in total. The first-order valence-electron chi connectivity index (χ1n) is 12.7. The number of amides is 2. The molecule has 2 saturated carbocycles. The van der Waals surface area contributed by atoms with E-state index >= 15 is 0 Å². The van der Waals surface area contributed by atoms with Gasteiger partial charge in [0, 0.05) is 41.4 Å². The van der Waals surface area contributed by atoms with Crippen molar-refractivity contribution in [1.29, 1.82) is 0 Å². The van der Waals surface area contributed by atoms with E-state index in [0.29, 0.717) is 0 Å². The van der Waals surface area contributed by atoms with Crippen LogP contribution in [0.4, 0.5) is 5.69 Å². The fourth-order valence-corrected chi connectivity index (χ4v) is 10.2. The molecule has 0 unspecified atom stereocenters. The lowest BCUT2D eigenvalue weighted by Gasteiger charge is -2.43. The summed E-state index contributed by atoms with van der Waals surface area (Å²) in [7, 11) is 0. The van der Waals surface area contributed by atoms with Crippen LogP contribution in [0.15, 0.2) is 34.1 Å². The lowest BCUT2D eigenvalue weighted by atomic mass is 9.68. The molecule has 10 heteroatoms. The fraction of sp³-hybridized carbons (Fsp3) is 0.538. The van der Waals surface area contributed by atoms with E-state index in [1.54, 1.807) is 11.8 Å². The van der Waals surface area contributed by atoms with E-state index in [9.17, 15) is 19.2 Å². The third kappa shape index (κ3) is 3.40. The molecule has 4 aliphatic rings. The number of fused-ring (bicyclic) bond motifs is 9. The predicted molar refractivity (Wildman–Crippen MR) is 137 cm³/mol. The zero-order chi connectivity index (χ0) is 25.3. The van der Waals surface area contributed by atoms with Gasteiger partial charge in [0.05, 0.1) is 23.3 Å². The Morgan fingerprint density at radius 1 is 1.08 bits per heavy atom. The molecule has 2 aliphatic carbocycles. The number of aliphatic carboxylic acids is 1. The number of nitrogens with one attached hydrogen (secondary N) is 1. The highest BCUT2D eigenvalue weighted by atomic mass is 32.2. The molecule has 2 amide bonds. The second-order valence-corrected chi connectivity index (χ2v) is 12.4. The molecule has 6 rings (SSSR count). The Bertz CT molecular complexity index is 1280. The van der Waals surface area contributed by atoms with Crippen LogP contribution in [-0.2, 0) is 14.4 Å². The highest BCUT2D eigenvalue weighted by Gasteiger charge is 2.69. The van der Waals surface area contributed by atoms with E-state index in [2.05, 4.69) is 48.0 Å². The van der Waals surface area contributed by atoms with Gasteiger partial charge < -0.3 is 15.0 Å². The maximum Gasteiger partial charge on any atom is 0.305 e. The van der Waals surface area contributed by atoms with Crippen molar-refractivity contribution in [3.63, 3.8) is 0 Å². The number of thiazole rings is 1. The summed E-state index contributed by atoms with van der Waals surface area (Å²) in [4.78, 5) is 57.7. The van der Waals surface area contributed by atoms with E-state index in [1.165, 1.54) is 16.2 Å². The number of nitrogens with zero attached hydrogens (tertiary/aromatic N) is 2. The number of aromatic amines is 1. The minimum atomic E-state index is -1.01. The smallest absolute Gasteiger partial charge is 0.305 e. The van der Waals surface area contributed by atoms with Gasteiger partial charge in [-0.2, -0.15) is 0 Å². The Labute approximate surface area is 217 Å². The second-order valence-electron chi connectivity index (χ2n) is 10.2. The molecular weight excluding hydrogens is 498 g/mol. The number of rotatable bonds is 7. The number of thioether (sulfide) groups is 1. The Balaban J connectivity index is 1.38. The quantitative estimate of drug-likeness (QED) is 0.532. The number of hydrogen-bond donors (Lipinski definition) is 2. The largest absolute Gasteiger partial charge is 0.481 e. The zero-order valence-electron chi connectivity index (χ0n) is 20.2. The number of carboxylic acid groups (broad SMARTS) is 1. The maximum absolute atomic E-state index is 13.4. The number of likely N-dealkylation sites (tertiary alicyclic amines) is 1. The van der Waals surface area contributed by atoms with Gasteiger partial charge in [0.15, 0.2) is 0 Å². The van der Waals surface area contributed by atoms with Gasteiger partial charge in [0.25, 0.3) is 0 Å². The molecular formula is C26H29N3O5S2. The number of anilines is 1. The van der Waals surface area contributed by atoms with Crippen LogP contribution in [0.5, 0.6) is 0 Å². The fourth-order valence-electron chi connectivity index (χ4n) is 7.36. The van der Waals surface area contributed by atoms with Crippen LogP contribution in [0.1, 0.15) is 43.0 Å². The minimum Gasteiger partial charge on any atom is -0.481 e. The number of carboxylic acids is 1. The summed E-state index contributed by atoms with van der Waals surface area (Å²) in [5.74, 6) is -1.94. The standard InChI is InChI=1S/C26H29N3O5S2/c1-3-28(4-2)13-7-5-12(6-8-13)17-18-14-11-15(21(18)35-23-22(17)36-26(34)27-23)20-19(14)24(32)29(25(20)33)10-9-16(30)31/h5-8,14-15,17-21H,3-4,9-11H2,1-2H3,(H,27,34)(H,30,31)/t14-,15+,17-,18+,19+,20+,21+/m0/s1. The number of imide groups is 1. The molecule has 0 radical (unpaired) electrons. The van der Waals surface area contributed by atoms with Crippen molar-refractivity contribution in [3.8, 4) is 0 Å². The van der Waals surface area contributed by atoms with Crippen LogP contribution in [0.25, 0.3) is 0 Å². The first kappa shape index (κ1) is 23.8. The second kappa shape index (κ2) is 8.76. The summed E-state index contributed by atoms with van der Waals surface area (Å²) < 4.78 is 0. The van der Waals surface area contributed by atoms with Crippen molar-refractivity contribution in [3.05, 3.63) is 44.4 Å². The summed E-state index contributed by atoms with van der Waals surface area (Å²) in [5.41, 5.74) is 2.30. The number of H-pyrrole nitrogens is 1. The molecule has 190 valence electrons. The van der Waals surface area contributed by atoms with E-state index < -0.39 is 5.97 Å². The van der Waals surface area contributed by atoms with Gasteiger partial charge >= 0.3 is 10.8 Å². The molecule has 36 heavy (non-hydrogen) atoms. The van der Waals surface area contributed by atoms with Crippen LogP contribution >= 0.6 is 23.1 Å². The molecule has 2 N–H and O–H groups in total. The number of carbonyl (C=O) groups excluding carboxylic acids is 2. The normalized spacial score (nSPS) is 31.9. The van der Waals surface area contributed by atoms with Gasteiger partial charge in [-0.15, -0.1) is 11.8 Å². The van der Waals surface area contributed by atoms with E-state index in [0.717, 1.165) is 40.7 Å². The van der Waals surface area contributed by atoms with Crippen LogP contribution in [0.3, 0.4) is 0 Å². The van der Waals surface area contributed by atoms with Crippen LogP contribution < -0.4 is 9.77 Å². The molecule has 1 saturated heterocycles. The summed E-state index contributed by atoms with van der Waals surface area (Å²) >= 11 is 2.92. The number of aromatic nitrogens is 1. The molecule has 1 aromatic heterocycles. The first-order valence-corrected chi connectivity index (χ1v) is 14.3. The van der Waals surface area contributed by atoms with E-state index in [4.69, 9.17) is 5.11 Å². The van der Waals surface area contributed by atoms with Crippen molar-refractivity contribution >= 4 is 46.6 Å². The molecule has 3 fully saturated rings. The lowest BCUT2D eigenvalue weighted by Crippen LogP contribution is -2.42.